The summed E-state index contributed by atoms with van der Waals surface area (Å²) in [6, 6.07) is 88.2. The lowest BCUT2D eigenvalue weighted by molar-refractivity contribution is 0.660. The maximum atomic E-state index is 2.42. The van der Waals surface area contributed by atoms with E-state index in [4.69, 9.17) is 0 Å². The number of para-hydroxylation sites is 4. The molecule has 0 amide bonds. The minimum atomic E-state index is -0.104. The van der Waals surface area contributed by atoms with Gasteiger partial charge in [0.25, 0.3) is 0 Å². The molecule has 1 aliphatic carbocycles. The lowest BCUT2D eigenvalue weighted by Crippen LogP contribution is -2.16. The van der Waals surface area contributed by atoms with E-state index >= 15 is 0 Å². The molecular formula is C61H46N2. The van der Waals surface area contributed by atoms with Crippen molar-refractivity contribution in [1.82, 2.24) is 0 Å². The average Bonchev–Trinajstić information content (AvgIpc) is 3.58. The van der Waals surface area contributed by atoms with Gasteiger partial charge in [-0.05, 0) is 116 Å². The monoisotopic (exact) mass is 806 g/mol. The minimum absolute atomic E-state index is 0.104. The first-order valence-electron chi connectivity index (χ1n) is 21.8. The molecule has 0 radical (unpaired) electrons. The fraction of sp³-hybridized carbons (Fsp3) is 0.0492. The molecule has 63 heavy (non-hydrogen) atoms. The molecule has 2 nitrogen and oxygen atoms in total. The van der Waals surface area contributed by atoms with Crippen LogP contribution in [0.4, 0.5) is 34.1 Å². The second kappa shape index (κ2) is 15.8. The van der Waals surface area contributed by atoms with Gasteiger partial charge in [-0.25, -0.2) is 0 Å². The van der Waals surface area contributed by atoms with Gasteiger partial charge in [-0.1, -0.05) is 196 Å². The molecule has 0 saturated carbocycles. The van der Waals surface area contributed by atoms with Crippen LogP contribution in [0.1, 0.15) is 25.0 Å². The molecule has 10 aromatic carbocycles. The number of nitrogens with zero attached hydrogens (tertiary/aromatic N) is 2. The Morgan fingerprint density at radius 3 is 1.33 bits per heavy atom. The lowest BCUT2D eigenvalue weighted by atomic mass is 9.82. The van der Waals surface area contributed by atoms with Crippen LogP contribution in [0.2, 0.25) is 0 Å². The number of rotatable bonds is 9. The van der Waals surface area contributed by atoms with Crippen LogP contribution in [0.15, 0.2) is 243 Å². The van der Waals surface area contributed by atoms with Crippen LogP contribution in [0.25, 0.3) is 55.3 Å². The zero-order valence-corrected chi connectivity index (χ0v) is 35.5. The van der Waals surface area contributed by atoms with Gasteiger partial charge in [0.2, 0.25) is 0 Å². The minimum Gasteiger partial charge on any atom is -0.310 e. The van der Waals surface area contributed by atoms with Gasteiger partial charge in [0, 0.05) is 39.3 Å². The number of anilines is 6. The highest BCUT2D eigenvalue weighted by Crippen LogP contribution is 2.51. The van der Waals surface area contributed by atoms with E-state index in [1.165, 1.54) is 49.7 Å². The zero-order valence-electron chi connectivity index (χ0n) is 35.5. The van der Waals surface area contributed by atoms with Crippen molar-refractivity contribution < 1.29 is 0 Å². The summed E-state index contributed by atoms with van der Waals surface area (Å²) in [4.78, 5) is 4.79. The van der Waals surface area contributed by atoms with Crippen LogP contribution in [0, 0.1) is 0 Å². The number of hydrogen-bond acceptors (Lipinski definition) is 2. The van der Waals surface area contributed by atoms with Crippen molar-refractivity contribution in [3.05, 3.63) is 254 Å². The molecule has 0 N–H and O–H groups in total. The van der Waals surface area contributed by atoms with Crippen molar-refractivity contribution in [3.63, 3.8) is 0 Å². The smallest absolute Gasteiger partial charge is 0.0540 e. The van der Waals surface area contributed by atoms with Crippen molar-refractivity contribution >= 4 is 44.9 Å². The van der Waals surface area contributed by atoms with E-state index in [0.29, 0.717) is 0 Å². The first kappa shape index (κ1) is 38.0. The predicted octanol–water partition coefficient (Wildman–Crippen LogP) is 17.1. The third-order valence-corrected chi connectivity index (χ3v) is 12.9. The SMILES string of the molecule is CC1(C)c2ccccc2-c2ccc(N(c3ccccc3)c3ccccc3-c3ccc(-c4ccccc4N(c4ccccc4)c4ccc(-c5cccc6ccccc56)cc4)cc3)cc21. The molecule has 0 unspecified atom stereocenters. The Labute approximate surface area is 370 Å². The van der Waals surface area contributed by atoms with Crippen LogP contribution >= 0.6 is 0 Å². The van der Waals surface area contributed by atoms with Gasteiger partial charge in [-0.2, -0.15) is 0 Å². The molecule has 0 saturated heterocycles. The van der Waals surface area contributed by atoms with Crippen molar-refractivity contribution in [2.24, 2.45) is 0 Å². The summed E-state index contributed by atoms with van der Waals surface area (Å²) >= 11 is 0. The maximum absolute atomic E-state index is 2.42. The molecule has 0 aliphatic heterocycles. The number of fused-ring (bicyclic) bond motifs is 4. The van der Waals surface area contributed by atoms with E-state index in [9.17, 15) is 0 Å². The third-order valence-electron chi connectivity index (χ3n) is 12.9. The first-order chi connectivity index (χ1) is 31.0. The Bertz CT molecular complexity index is 3230. The van der Waals surface area contributed by atoms with E-state index in [2.05, 4.69) is 266 Å². The topological polar surface area (TPSA) is 6.48 Å². The highest BCUT2D eigenvalue weighted by molar-refractivity contribution is 5.98. The fourth-order valence-corrected chi connectivity index (χ4v) is 9.76. The van der Waals surface area contributed by atoms with Crippen molar-refractivity contribution in [1.29, 1.82) is 0 Å². The van der Waals surface area contributed by atoms with Gasteiger partial charge in [-0.15, -0.1) is 0 Å². The summed E-state index contributed by atoms with van der Waals surface area (Å²) in [6.45, 7) is 4.70. The molecule has 0 atom stereocenters. The highest BCUT2D eigenvalue weighted by Gasteiger charge is 2.36. The third kappa shape index (κ3) is 6.77. The zero-order chi connectivity index (χ0) is 42.3. The van der Waals surface area contributed by atoms with Crippen molar-refractivity contribution in [3.8, 4) is 44.5 Å². The number of benzene rings is 10. The van der Waals surface area contributed by atoms with Gasteiger partial charge in [-0.3, -0.25) is 0 Å². The second-order valence-electron chi connectivity index (χ2n) is 16.9. The summed E-state index contributed by atoms with van der Waals surface area (Å²) in [5.41, 5.74) is 19.1. The molecular weight excluding hydrogens is 761 g/mol. The van der Waals surface area contributed by atoms with Crippen LogP contribution in [-0.4, -0.2) is 0 Å². The summed E-state index contributed by atoms with van der Waals surface area (Å²) < 4.78 is 0. The lowest BCUT2D eigenvalue weighted by Gasteiger charge is -2.30. The Hall–Kier alpha value is -7.94. The summed E-state index contributed by atoms with van der Waals surface area (Å²) in [5.74, 6) is 0. The molecule has 10 aromatic rings. The molecule has 0 aromatic heterocycles. The van der Waals surface area contributed by atoms with Crippen LogP contribution in [-0.2, 0) is 5.41 Å². The van der Waals surface area contributed by atoms with Crippen LogP contribution in [0.3, 0.4) is 0 Å². The molecule has 0 fully saturated rings. The summed E-state index contributed by atoms with van der Waals surface area (Å²) in [6.07, 6.45) is 0. The van der Waals surface area contributed by atoms with Crippen molar-refractivity contribution in [2.45, 2.75) is 19.3 Å². The normalized spacial score (nSPS) is 12.4. The molecule has 1 aliphatic rings. The predicted molar refractivity (Wildman–Crippen MR) is 267 cm³/mol. The Kier molecular flexibility index (Phi) is 9.55. The van der Waals surface area contributed by atoms with E-state index in [-0.39, 0.29) is 5.41 Å². The molecule has 11 rings (SSSR count). The van der Waals surface area contributed by atoms with E-state index in [1.807, 2.05) is 0 Å². The van der Waals surface area contributed by atoms with Gasteiger partial charge < -0.3 is 9.80 Å². The number of hydrogen-bond donors (Lipinski definition) is 0. The van der Waals surface area contributed by atoms with E-state index < -0.39 is 0 Å². The molecule has 0 heterocycles. The summed E-state index contributed by atoms with van der Waals surface area (Å²) in [7, 11) is 0. The first-order valence-corrected chi connectivity index (χ1v) is 21.8. The van der Waals surface area contributed by atoms with Gasteiger partial charge in [0.05, 0.1) is 11.4 Å². The van der Waals surface area contributed by atoms with E-state index in [1.54, 1.807) is 0 Å². The fourth-order valence-electron chi connectivity index (χ4n) is 9.76. The van der Waals surface area contributed by atoms with Gasteiger partial charge in [0.1, 0.15) is 0 Å². The highest BCUT2D eigenvalue weighted by atomic mass is 15.1. The molecule has 0 bridgehead atoms. The van der Waals surface area contributed by atoms with Crippen molar-refractivity contribution in [2.75, 3.05) is 9.80 Å². The largest absolute Gasteiger partial charge is 0.310 e. The Balaban J connectivity index is 0.970. The van der Waals surface area contributed by atoms with Crippen LogP contribution < -0.4 is 9.80 Å². The molecule has 0 spiro atoms. The van der Waals surface area contributed by atoms with Crippen LogP contribution in [0.5, 0.6) is 0 Å². The van der Waals surface area contributed by atoms with E-state index in [0.717, 1.165) is 50.8 Å². The summed E-state index contributed by atoms with van der Waals surface area (Å²) in [5, 5.41) is 2.51. The van der Waals surface area contributed by atoms with Gasteiger partial charge in [0.15, 0.2) is 0 Å². The standard InChI is InChI=1S/C61H46N2/c1-61(2)57-29-14-11-27-55(57)56-41-40-50(42-58(56)61)63(48-22-7-4-8-23-48)60-31-16-13-26-54(60)46-34-32-45(33-35-46)53-25-12-15-30-59(53)62(47-20-5-3-6-21-47)49-38-36-44(37-39-49)52-28-17-19-43-18-9-10-24-51(43)52/h3-42H,1-2H3. The average molecular weight is 807 g/mol. The maximum Gasteiger partial charge on any atom is 0.0540 e. The quantitative estimate of drug-likeness (QED) is 0.143. The van der Waals surface area contributed by atoms with Gasteiger partial charge >= 0.3 is 0 Å². The molecule has 300 valence electrons. The molecule has 2 heteroatoms. The Morgan fingerprint density at radius 1 is 0.286 bits per heavy atom. The second-order valence-corrected chi connectivity index (χ2v) is 16.9. The Morgan fingerprint density at radius 2 is 0.698 bits per heavy atom.